The number of unbranched alkanes of at least 4 members (excludes halogenated alkanes) is 1. The van der Waals surface area contributed by atoms with E-state index in [-0.39, 0.29) is 6.61 Å². The average molecular weight is 310 g/mol. The second-order valence-electron chi connectivity index (χ2n) is 4.74. The molecule has 0 radical (unpaired) electrons. The Labute approximate surface area is 130 Å². The number of aliphatic hydroxyl groups is 4. The van der Waals surface area contributed by atoms with Crippen molar-refractivity contribution >= 4 is 0 Å². The van der Waals surface area contributed by atoms with Crippen LogP contribution in [-0.2, 0) is 9.47 Å². The molecule has 1 heterocycles. The van der Waals surface area contributed by atoms with Crippen molar-refractivity contribution in [3.8, 4) is 23.7 Å². The van der Waals surface area contributed by atoms with E-state index in [1.165, 1.54) is 0 Å². The minimum atomic E-state index is -1.42. The molecule has 122 valence electrons. The van der Waals surface area contributed by atoms with Crippen molar-refractivity contribution < 1.29 is 29.9 Å². The smallest absolute Gasteiger partial charge is 0.186 e. The summed E-state index contributed by atoms with van der Waals surface area (Å²) in [5.41, 5.74) is 0. The minimum Gasteiger partial charge on any atom is -0.394 e. The summed E-state index contributed by atoms with van der Waals surface area (Å²) in [5, 5.41) is 38.0. The van der Waals surface area contributed by atoms with Crippen LogP contribution in [0.2, 0.25) is 0 Å². The molecule has 0 amide bonds. The summed E-state index contributed by atoms with van der Waals surface area (Å²) in [4.78, 5) is 0. The number of ether oxygens (including phenoxy) is 2. The zero-order valence-corrected chi connectivity index (χ0v) is 12.5. The van der Waals surface area contributed by atoms with Gasteiger partial charge in [-0.1, -0.05) is 17.9 Å². The number of allylic oxidation sites excluding steroid dienone is 2. The van der Waals surface area contributed by atoms with Gasteiger partial charge in [0, 0.05) is 6.42 Å². The summed E-state index contributed by atoms with van der Waals surface area (Å²) < 4.78 is 10.5. The molecule has 6 heteroatoms. The lowest BCUT2D eigenvalue weighted by Gasteiger charge is -2.39. The molecule has 0 aromatic heterocycles. The monoisotopic (exact) mass is 310 g/mol. The van der Waals surface area contributed by atoms with Crippen molar-refractivity contribution in [3.05, 3.63) is 12.2 Å². The second-order valence-corrected chi connectivity index (χ2v) is 4.74. The molecule has 0 aliphatic carbocycles. The average Bonchev–Trinajstić information content (AvgIpc) is 2.53. The van der Waals surface area contributed by atoms with Crippen LogP contribution in [0.3, 0.4) is 0 Å². The van der Waals surface area contributed by atoms with Crippen LogP contribution in [0.4, 0.5) is 0 Å². The molecule has 0 aromatic rings. The Hall–Kier alpha value is -1.38. The lowest BCUT2D eigenvalue weighted by Crippen LogP contribution is -2.59. The largest absolute Gasteiger partial charge is 0.394 e. The first-order chi connectivity index (χ1) is 10.6. The van der Waals surface area contributed by atoms with Crippen molar-refractivity contribution in [2.45, 2.75) is 50.5 Å². The standard InChI is InChI=1S/C16H22O6/c1-2-3-4-5-6-7-8-9-10-21-16-15(20)14(19)13(18)12(11-17)22-16/h2-3,12-20H,8-11H2,1H3/b3-2-/t12-,13-,14+,15-,16-/m1/s1. The van der Waals surface area contributed by atoms with E-state index >= 15 is 0 Å². The van der Waals surface area contributed by atoms with Gasteiger partial charge in [0.05, 0.1) is 13.2 Å². The predicted molar refractivity (Wildman–Crippen MR) is 79.3 cm³/mol. The molecule has 0 unspecified atom stereocenters. The van der Waals surface area contributed by atoms with Crippen LogP contribution in [0.25, 0.3) is 0 Å². The maximum atomic E-state index is 9.75. The van der Waals surface area contributed by atoms with Crippen LogP contribution in [0.1, 0.15) is 19.8 Å². The third-order valence-electron chi connectivity index (χ3n) is 3.05. The van der Waals surface area contributed by atoms with Crippen molar-refractivity contribution in [3.63, 3.8) is 0 Å². The lowest BCUT2D eigenvalue weighted by atomic mass is 9.99. The molecule has 5 atom stereocenters. The van der Waals surface area contributed by atoms with E-state index in [4.69, 9.17) is 14.6 Å². The molecule has 0 aromatic carbocycles. The molecule has 0 saturated carbocycles. The van der Waals surface area contributed by atoms with Crippen molar-refractivity contribution in [2.75, 3.05) is 13.2 Å². The van der Waals surface area contributed by atoms with E-state index in [1.807, 2.05) is 13.0 Å². The molecule has 0 bridgehead atoms. The van der Waals surface area contributed by atoms with E-state index in [9.17, 15) is 15.3 Å². The Kier molecular flexibility index (Phi) is 8.79. The van der Waals surface area contributed by atoms with E-state index < -0.39 is 37.3 Å². The van der Waals surface area contributed by atoms with Crippen molar-refractivity contribution in [1.82, 2.24) is 0 Å². The van der Waals surface area contributed by atoms with Gasteiger partial charge in [-0.15, -0.1) is 0 Å². The second kappa shape index (κ2) is 10.4. The van der Waals surface area contributed by atoms with E-state index in [2.05, 4.69) is 23.7 Å². The van der Waals surface area contributed by atoms with E-state index in [0.717, 1.165) is 0 Å². The minimum absolute atomic E-state index is 0.264. The highest BCUT2D eigenvalue weighted by atomic mass is 16.7. The van der Waals surface area contributed by atoms with Crippen LogP contribution in [0, 0.1) is 23.7 Å². The zero-order valence-electron chi connectivity index (χ0n) is 12.5. The van der Waals surface area contributed by atoms with Crippen molar-refractivity contribution in [2.24, 2.45) is 0 Å². The van der Waals surface area contributed by atoms with Gasteiger partial charge in [-0.25, -0.2) is 0 Å². The van der Waals surface area contributed by atoms with Gasteiger partial charge in [-0.2, -0.15) is 0 Å². The molecule has 1 rings (SSSR count). The maximum Gasteiger partial charge on any atom is 0.186 e. The van der Waals surface area contributed by atoms with Crippen LogP contribution in [0.15, 0.2) is 12.2 Å². The van der Waals surface area contributed by atoms with Gasteiger partial charge >= 0.3 is 0 Å². The summed E-state index contributed by atoms with van der Waals surface area (Å²) in [6.45, 7) is 1.67. The molecule has 6 nitrogen and oxygen atoms in total. The molecule has 1 aliphatic rings. The van der Waals surface area contributed by atoms with Crippen LogP contribution in [0.5, 0.6) is 0 Å². The van der Waals surface area contributed by atoms with Crippen LogP contribution in [-0.4, -0.2) is 64.3 Å². The Morgan fingerprint density at radius 1 is 1.14 bits per heavy atom. The highest BCUT2D eigenvalue weighted by Crippen LogP contribution is 2.21. The molecule has 1 saturated heterocycles. The summed E-state index contributed by atoms with van der Waals surface area (Å²) in [6, 6.07) is 0. The van der Waals surface area contributed by atoms with E-state index in [1.54, 1.807) is 6.08 Å². The van der Waals surface area contributed by atoms with Gasteiger partial charge in [0.1, 0.15) is 24.4 Å². The first-order valence-corrected chi connectivity index (χ1v) is 7.13. The normalized spacial score (nSPS) is 31.2. The Morgan fingerprint density at radius 2 is 1.91 bits per heavy atom. The van der Waals surface area contributed by atoms with Gasteiger partial charge in [-0.05, 0) is 31.3 Å². The third kappa shape index (κ3) is 5.78. The molecular weight excluding hydrogens is 288 g/mol. The third-order valence-corrected chi connectivity index (χ3v) is 3.05. The highest BCUT2D eigenvalue weighted by molar-refractivity contribution is 5.30. The summed E-state index contributed by atoms with van der Waals surface area (Å²) in [5.74, 6) is 11.0. The van der Waals surface area contributed by atoms with Gasteiger partial charge in [0.15, 0.2) is 6.29 Å². The molecule has 4 N–H and O–H groups in total. The van der Waals surface area contributed by atoms with Gasteiger partial charge in [0.2, 0.25) is 0 Å². The maximum absolute atomic E-state index is 9.75. The first kappa shape index (κ1) is 18.7. The molecule has 1 aliphatic heterocycles. The molecule has 22 heavy (non-hydrogen) atoms. The van der Waals surface area contributed by atoms with E-state index in [0.29, 0.717) is 12.8 Å². The summed E-state index contributed by atoms with van der Waals surface area (Å²) in [6.07, 6.45) is -1.49. The predicted octanol–water partition coefficient (Wildman–Crippen LogP) is -0.834. The Morgan fingerprint density at radius 3 is 2.59 bits per heavy atom. The number of hydrogen-bond donors (Lipinski definition) is 4. The van der Waals surface area contributed by atoms with Crippen LogP contribution < -0.4 is 0 Å². The number of aliphatic hydroxyl groups excluding tert-OH is 4. The van der Waals surface area contributed by atoms with Gasteiger partial charge in [-0.3, -0.25) is 0 Å². The molecular formula is C16H22O6. The zero-order chi connectivity index (χ0) is 16.4. The van der Waals surface area contributed by atoms with Crippen molar-refractivity contribution in [1.29, 1.82) is 0 Å². The Balaban J connectivity index is 2.31. The fourth-order valence-electron chi connectivity index (χ4n) is 1.83. The van der Waals surface area contributed by atoms with Crippen LogP contribution >= 0.6 is 0 Å². The SMILES string of the molecule is C/C=C\C#CC#CCCCO[C@@H]1O[C@H](CO)[C@@H](O)[C@H](O)[C@H]1O. The lowest BCUT2D eigenvalue weighted by molar-refractivity contribution is -0.301. The molecule has 1 fully saturated rings. The number of hydrogen-bond acceptors (Lipinski definition) is 6. The fourth-order valence-corrected chi connectivity index (χ4v) is 1.83. The van der Waals surface area contributed by atoms with Gasteiger partial charge < -0.3 is 29.9 Å². The topological polar surface area (TPSA) is 99.4 Å². The molecule has 0 spiro atoms. The quantitative estimate of drug-likeness (QED) is 0.391. The first-order valence-electron chi connectivity index (χ1n) is 7.13. The Bertz CT molecular complexity index is 464. The highest BCUT2D eigenvalue weighted by Gasteiger charge is 2.43. The number of rotatable bonds is 5. The summed E-state index contributed by atoms with van der Waals surface area (Å²) in [7, 11) is 0. The fraction of sp³-hybridized carbons (Fsp3) is 0.625. The summed E-state index contributed by atoms with van der Waals surface area (Å²) >= 11 is 0. The van der Waals surface area contributed by atoms with Gasteiger partial charge in [0.25, 0.3) is 0 Å².